The summed E-state index contributed by atoms with van der Waals surface area (Å²) >= 11 is 3.30. The van der Waals surface area contributed by atoms with Gasteiger partial charge < -0.3 is 10.6 Å². The fourth-order valence-corrected chi connectivity index (χ4v) is 3.83. The Morgan fingerprint density at radius 3 is 2.47 bits per heavy atom. The maximum absolute atomic E-state index is 13.7. The van der Waals surface area contributed by atoms with Gasteiger partial charge in [0.25, 0.3) is 5.91 Å². The fraction of sp³-hybridized carbons (Fsp3) is 0.174. The van der Waals surface area contributed by atoms with Gasteiger partial charge in [-0.2, -0.15) is 0 Å². The summed E-state index contributed by atoms with van der Waals surface area (Å²) in [7, 11) is 0. The van der Waals surface area contributed by atoms with Crippen LogP contribution in [0.2, 0.25) is 0 Å². The molecule has 0 unspecified atom stereocenters. The lowest BCUT2D eigenvalue weighted by molar-refractivity contribution is -0.124. The van der Waals surface area contributed by atoms with Crippen LogP contribution >= 0.6 is 15.9 Å². The van der Waals surface area contributed by atoms with Crippen LogP contribution in [-0.2, 0) is 10.2 Å². The third-order valence-corrected chi connectivity index (χ3v) is 5.84. The first kappa shape index (κ1) is 20.2. The lowest BCUT2D eigenvalue weighted by Crippen LogP contribution is -2.46. The van der Waals surface area contributed by atoms with Crippen LogP contribution in [0.25, 0.3) is 0 Å². The van der Waals surface area contributed by atoms with Gasteiger partial charge in [0, 0.05) is 21.9 Å². The van der Waals surface area contributed by atoms with Gasteiger partial charge in [0.2, 0.25) is 5.91 Å². The predicted octanol–water partition coefficient (Wildman–Crippen LogP) is 5.30. The molecule has 4 rings (SSSR count). The number of halogens is 2. The zero-order chi connectivity index (χ0) is 21.1. The second kappa shape index (κ2) is 8.36. The summed E-state index contributed by atoms with van der Waals surface area (Å²) in [4.78, 5) is 29.8. The minimum Gasteiger partial charge on any atom is -0.325 e. The van der Waals surface area contributed by atoms with Crippen LogP contribution < -0.4 is 10.6 Å². The third-order valence-electron chi connectivity index (χ3n) is 5.37. The number of rotatable bonds is 5. The molecule has 2 N–H and O–H groups in total. The number of anilines is 2. The average Bonchev–Trinajstić information content (AvgIpc) is 2.69. The lowest BCUT2D eigenvalue weighted by Gasteiger charge is -2.40. The average molecular weight is 468 g/mol. The molecule has 5 nitrogen and oxygen atoms in total. The molecular weight excluding hydrogens is 449 g/mol. The lowest BCUT2D eigenvalue weighted by atomic mass is 9.63. The van der Waals surface area contributed by atoms with Crippen molar-refractivity contribution < 1.29 is 14.0 Å². The molecule has 30 heavy (non-hydrogen) atoms. The van der Waals surface area contributed by atoms with Crippen molar-refractivity contribution in [1.29, 1.82) is 0 Å². The summed E-state index contributed by atoms with van der Waals surface area (Å²) in [6, 6.07) is 16.4. The highest BCUT2D eigenvalue weighted by Gasteiger charge is 2.45. The normalized spacial score (nSPS) is 14.5. The molecule has 0 atom stereocenters. The van der Waals surface area contributed by atoms with Gasteiger partial charge in [-0.3, -0.25) is 9.59 Å². The highest BCUT2D eigenvalue weighted by Crippen LogP contribution is 2.44. The van der Waals surface area contributed by atoms with Gasteiger partial charge >= 0.3 is 0 Å². The number of nitrogens with one attached hydrogen (secondary N) is 2. The highest BCUT2D eigenvalue weighted by atomic mass is 79.9. The number of amides is 2. The van der Waals surface area contributed by atoms with E-state index in [1.807, 2.05) is 0 Å². The van der Waals surface area contributed by atoms with Crippen molar-refractivity contribution in [3.8, 4) is 0 Å². The first-order valence-electron chi connectivity index (χ1n) is 9.57. The van der Waals surface area contributed by atoms with E-state index in [9.17, 15) is 14.0 Å². The minimum atomic E-state index is -0.734. The largest absolute Gasteiger partial charge is 0.325 e. The number of hydrogen-bond acceptors (Lipinski definition) is 3. The summed E-state index contributed by atoms with van der Waals surface area (Å²) in [5.74, 6) is -0.445. The first-order chi connectivity index (χ1) is 14.5. The van der Waals surface area contributed by atoms with E-state index in [1.165, 1.54) is 12.1 Å². The van der Waals surface area contributed by atoms with Crippen molar-refractivity contribution in [2.24, 2.45) is 0 Å². The number of nitrogens with zero attached hydrogens (tertiary/aromatic N) is 1. The summed E-state index contributed by atoms with van der Waals surface area (Å²) in [5.41, 5.74) is 0.855. The Kier molecular flexibility index (Phi) is 5.63. The molecule has 7 heteroatoms. The Bertz CT molecular complexity index is 1100. The third kappa shape index (κ3) is 4.11. The summed E-state index contributed by atoms with van der Waals surface area (Å²) in [6.07, 6.45) is 3.83. The van der Waals surface area contributed by atoms with E-state index in [1.54, 1.807) is 54.7 Å². The van der Waals surface area contributed by atoms with E-state index >= 15 is 0 Å². The van der Waals surface area contributed by atoms with Crippen LogP contribution in [0, 0.1) is 5.82 Å². The fourth-order valence-electron chi connectivity index (χ4n) is 3.59. The second-order valence-corrected chi connectivity index (χ2v) is 8.21. The van der Waals surface area contributed by atoms with E-state index in [4.69, 9.17) is 0 Å². The Morgan fingerprint density at radius 1 is 1.00 bits per heavy atom. The number of carbonyl (C=O) groups excluding carboxylic acids is 2. The Labute approximate surface area is 181 Å². The topological polar surface area (TPSA) is 71.1 Å². The molecule has 0 aliphatic heterocycles. The van der Waals surface area contributed by atoms with Crippen LogP contribution in [0.1, 0.15) is 35.2 Å². The molecule has 0 spiro atoms. The summed E-state index contributed by atoms with van der Waals surface area (Å²) in [5, 5.41) is 5.63. The molecule has 152 valence electrons. The van der Waals surface area contributed by atoms with Crippen molar-refractivity contribution in [3.05, 3.63) is 88.3 Å². The minimum absolute atomic E-state index is 0.188. The van der Waals surface area contributed by atoms with E-state index < -0.39 is 5.41 Å². The molecule has 2 amide bonds. The summed E-state index contributed by atoms with van der Waals surface area (Å²) in [6.45, 7) is 0. The van der Waals surface area contributed by atoms with Crippen LogP contribution in [-0.4, -0.2) is 16.8 Å². The number of hydrogen-bond donors (Lipinski definition) is 2. The molecular formula is C23H19BrFN3O2. The van der Waals surface area contributed by atoms with E-state index in [2.05, 4.69) is 31.5 Å². The molecule has 1 aromatic heterocycles. The van der Waals surface area contributed by atoms with Gasteiger partial charge in [0.05, 0.1) is 5.41 Å². The highest BCUT2D eigenvalue weighted by molar-refractivity contribution is 9.10. The second-order valence-electron chi connectivity index (χ2n) is 7.30. The summed E-state index contributed by atoms with van der Waals surface area (Å²) < 4.78 is 14.5. The molecule has 3 aromatic rings. The zero-order valence-corrected chi connectivity index (χ0v) is 17.6. The van der Waals surface area contributed by atoms with Gasteiger partial charge in [0.1, 0.15) is 11.6 Å². The van der Waals surface area contributed by atoms with Crippen molar-refractivity contribution in [2.45, 2.75) is 24.7 Å². The van der Waals surface area contributed by atoms with Gasteiger partial charge in [-0.05, 0) is 76.8 Å². The zero-order valence-electron chi connectivity index (χ0n) is 16.0. The molecule has 2 aromatic carbocycles. The molecule has 0 bridgehead atoms. The van der Waals surface area contributed by atoms with Gasteiger partial charge in [0.15, 0.2) is 0 Å². The smallest absolute Gasteiger partial charge is 0.256 e. The first-order valence-corrected chi connectivity index (χ1v) is 10.4. The number of carbonyl (C=O) groups is 2. The molecule has 0 saturated heterocycles. The molecule has 1 aliphatic rings. The van der Waals surface area contributed by atoms with Crippen molar-refractivity contribution >= 4 is 39.2 Å². The predicted molar refractivity (Wildman–Crippen MR) is 117 cm³/mol. The number of pyridine rings is 1. The van der Waals surface area contributed by atoms with Gasteiger partial charge in [-0.15, -0.1) is 0 Å². The van der Waals surface area contributed by atoms with Crippen LogP contribution in [0.4, 0.5) is 15.9 Å². The molecule has 1 heterocycles. The molecule has 1 fully saturated rings. The van der Waals surface area contributed by atoms with Gasteiger partial charge in [-0.25, -0.2) is 9.37 Å². The number of benzene rings is 2. The van der Waals surface area contributed by atoms with Crippen LogP contribution in [0.5, 0.6) is 0 Å². The molecule has 0 radical (unpaired) electrons. The van der Waals surface area contributed by atoms with Crippen LogP contribution in [0.3, 0.4) is 0 Å². The van der Waals surface area contributed by atoms with Crippen molar-refractivity contribution in [2.75, 3.05) is 10.6 Å². The quantitative estimate of drug-likeness (QED) is 0.534. The van der Waals surface area contributed by atoms with E-state index in [0.717, 1.165) is 10.9 Å². The SMILES string of the molecule is O=C(Nc1ccc(Br)cn1)c1cccc(NC(=O)C2(c3cccc(F)c3)CCC2)c1. The van der Waals surface area contributed by atoms with Crippen LogP contribution in [0.15, 0.2) is 71.3 Å². The maximum Gasteiger partial charge on any atom is 0.256 e. The Morgan fingerprint density at radius 2 is 1.80 bits per heavy atom. The Hall–Kier alpha value is -3.06. The maximum atomic E-state index is 13.7. The standard InChI is InChI=1S/C23H19BrFN3O2/c24-17-8-9-20(26-14-17)28-21(29)15-4-1-7-19(12-15)27-22(30)23(10-3-11-23)16-5-2-6-18(25)13-16/h1-2,4-9,12-14H,3,10-11H2,(H,27,30)(H,26,28,29). The Balaban J connectivity index is 1.50. The molecule has 1 aliphatic carbocycles. The van der Waals surface area contributed by atoms with Crippen molar-refractivity contribution in [3.63, 3.8) is 0 Å². The van der Waals surface area contributed by atoms with E-state index in [0.29, 0.717) is 35.5 Å². The monoisotopic (exact) mass is 467 g/mol. The van der Waals surface area contributed by atoms with Crippen molar-refractivity contribution in [1.82, 2.24) is 4.98 Å². The van der Waals surface area contributed by atoms with Gasteiger partial charge in [-0.1, -0.05) is 24.6 Å². The number of aromatic nitrogens is 1. The van der Waals surface area contributed by atoms with E-state index in [-0.39, 0.29) is 17.6 Å². The molecule has 1 saturated carbocycles.